The number of pyridine rings is 1. The van der Waals surface area contributed by atoms with E-state index in [4.69, 9.17) is 4.98 Å². The first-order valence-electron chi connectivity index (χ1n) is 7.26. The van der Waals surface area contributed by atoms with E-state index in [9.17, 15) is 4.79 Å². The Kier molecular flexibility index (Phi) is 2.60. The number of imidazole rings is 1. The Balaban J connectivity index is 1.97. The summed E-state index contributed by atoms with van der Waals surface area (Å²) >= 11 is 0. The summed E-state index contributed by atoms with van der Waals surface area (Å²) in [5.74, 6) is 0.923. The number of aromatic nitrogens is 3. The zero-order chi connectivity index (χ0) is 15.4. The summed E-state index contributed by atoms with van der Waals surface area (Å²) in [6, 6.07) is 8.00. The Labute approximate surface area is 128 Å². The minimum atomic E-state index is -0.0962. The van der Waals surface area contributed by atoms with Crippen molar-refractivity contribution in [1.29, 1.82) is 0 Å². The lowest BCUT2D eigenvalue weighted by atomic mass is 10.0. The molecule has 110 valence electrons. The third kappa shape index (κ3) is 1.62. The van der Waals surface area contributed by atoms with E-state index in [-0.39, 0.29) is 11.8 Å². The van der Waals surface area contributed by atoms with Crippen LogP contribution in [-0.2, 0) is 11.8 Å². The lowest BCUT2D eigenvalue weighted by molar-refractivity contribution is -0.118. The average molecular weight is 292 g/mol. The van der Waals surface area contributed by atoms with Gasteiger partial charge in [0.25, 0.3) is 0 Å². The SMILES string of the molecule is CC1C(=O)N(C)c2cc3nc(-c4cccnc4)n(C)c3cc21. The highest BCUT2D eigenvalue weighted by atomic mass is 16.2. The van der Waals surface area contributed by atoms with Gasteiger partial charge in [-0.05, 0) is 36.8 Å². The molecule has 5 heteroatoms. The Morgan fingerprint density at radius 3 is 2.77 bits per heavy atom. The standard InChI is InChI=1S/C17H16N4O/c1-10-12-7-15-13(8-14(12)21(3)17(10)22)19-16(20(15)2)11-5-4-6-18-9-11/h4-10H,1-3H3. The third-order valence-corrected chi connectivity index (χ3v) is 4.48. The number of hydrogen-bond acceptors (Lipinski definition) is 3. The smallest absolute Gasteiger partial charge is 0.234 e. The summed E-state index contributed by atoms with van der Waals surface area (Å²) in [7, 11) is 3.82. The maximum Gasteiger partial charge on any atom is 0.234 e. The van der Waals surface area contributed by atoms with Gasteiger partial charge in [0.05, 0.1) is 17.0 Å². The number of benzene rings is 1. The predicted octanol–water partition coefficient (Wildman–Crippen LogP) is 2.72. The number of likely N-dealkylation sites (N-methyl/N-ethyl adjacent to an activating group) is 1. The largest absolute Gasteiger partial charge is 0.327 e. The van der Waals surface area contributed by atoms with Crippen LogP contribution in [-0.4, -0.2) is 27.5 Å². The van der Waals surface area contributed by atoms with Crippen LogP contribution < -0.4 is 4.90 Å². The van der Waals surface area contributed by atoms with Crippen molar-refractivity contribution in [2.24, 2.45) is 7.05 Å². The monoisotopic (exact) mass is 292 g/mol. The van der Waals surface area contributed by atoms with E-state index in [2.05, 4.69) is 15.6 Å². The van der Waals surface area contributed by atoms with Gasteiger partial charge in [0.1, 0.15) is 5.82 Å². The Morgan fingerprint density at radius 1 is 1.23 bits per heavy atom. The number of carbonyl (C=O) groups is 1. The highest BCUT2D eigenvalue weighted by Gasteiger charge is 2.32. The second kappa shape index (κ2) is 4.40. The van der Waals surface area contributed by atoms with Crippen LogP contribution in [0.1, 0.15) is 18.4 Å². The highest BCUT2D eigenvalue weighted by molar-refractivity contribution is 6.06. The molecule has 0 radical (unpaired) electrons. The van der Waals surface area contributed by atoms with Crippen molar-refractivity contribution < 1.29 is 4.79 Å². The van der Waals surface area contributed by atoms with Gasteiger partial charge in [-0.25, -0.2) is 4.98 Å². The molecule has 5 nitrogen and oxygen atoms in total. The van der Waals surface area contributed by atoms with Crippen molar-refractivity contribution in [2.45, 2.75) is 12.8 Å². The van der Waals surface area contributed by atoms with Gasteiger partial charge < -0.3 is 9.47 Å². The van der Waals surface area contributed by atoms with Crippen LogP contribution >= 0.6 is 0 Å². The van der Waals surface area contributed by atoms with Crippen LogP contribution in [0.5, 0.6) is 0 Å². The molecule has 0 saturated carbocycles. The first-order chi connectivity index (χ1) is 10.6. The van der Waals surface area contributed by atoms with Crippen LogP contribution in [0.25, 0.3) is 22.4 Å². The zero-order valence-corrected chi connectivity index (χ0v) is 12.7. The number of fused-ring (bicyclic) bond motifs is 2. The highest BCUT2D eigenvalue weighted by Crippen LogP contribution is 2.39. The van der Waals surface area contributed by atoms with Crippen LogP contribution in [0, 0.1) is 0 Å². The van der Waals surface area contributed by atoms with Gasteiger partial charge in [-0.3, -0.25) is 9.78 Å². The van der Waals surface area contributed by atoms with Crippen molar-refractivity contribution in [3.63, 3.8) is 0 Å². The fourth-order valence-electron chi connectivity index (χ4n) is 3.18. The fourth-order valence-corrected chi connectivity index (χ4v) is 3.18. The first-order valence-corrected chi connectivity index (χ1v) is 7.26. The van der Waals surface area contributed by atoms with Crippen molar-refractivity contribution in [3.05, 3.63) is 42.2 Å². The Bertz CT molecular complexity index is 898. The van der Waals surface area contributed by atoms with Gasteiger partial charge in [-0.1, -0.05) is 0 Å². The quantitative estimate of drug-likeness (QED) is 0.693. The summed E-state index contributed by atoms with van der Waals surface area (Å²) in [5.41, 5.74) is 4.95. The molecule has 1 atom stereocenters. The minimum absolute atomic E-state index is 0.0962. The number of carbonyl (C=O) groups excluding carboxylic acids is 1. The molecule has 0 fully saturated rings. The molecule has 0 spiro atoms. The first kappa shape index (κ1) is 13.0. The molecule has 0 aliphatic carbocycles. The lowest BCUT2D eigenvalue weighted by Crippen LogP contribution is -2.22. The summed E-state index contributed by atoms with van der Waals surface area (Å²) in [6.45, 7) is 1.95. The molecule has 1 aliphatic heterocycles. The molecule has 3 heterocycles. The van der Waals surface area contributed by atoms with Gasteiger partial charge in [0, 0.05) is 37.7 Å². The number of hydrogen-bond donors (Lipinski definition) is 0. The Hall–Kier alpha value is -2.69. The van der Waals surface area contributed by atoms with Crippen molar-refractivity contribution >= 4 is 22.6 Å². The number of amides is 1. The number of aryl methyl sites for hydroxylation is 1. The predicted molar refractivity (Wildman–Crippen MR) is 85.8 cm³/mol. The molecular weight excluding hydrogens is 276 g/mol. The Morgan fingerprint density at radius 2 is 2.05 bits per heavy atom. The molecule has 1 unspecified atom stereocenters. The van der Waals surface area contributed by atoms with Gasteiger partial charge in [0.2, 0.25) is 5.91 Å². The fraction of sp³-hybridized carbons (Fsp3) is 0.235. The molecule has 4 rings (SSSR count). The van der Waals surface area contributed by atoms with E-state index in [1.54, 1.807) is 11.1 Å². The second-order valence-corrected chi connectivity index (χ2v) is 5.75. The third-order valence-electron chi connectivity index (χ3n) is 4.48. The topological polar surface area (TPSA) is 51.0 Å². The zero-order valence-electron chi connectivity index (χ0n) is 12.7. The van der Waals surface area contributed by atoms with Crippen molar-refractivity contribution in [1.82, 2.24) is 14.5 Å². The van der Waals surface area contributed by atoms with Gasteiger partial charge >= 0.3 is 0 Å². The molecule has 3 aromatic rings. The summed E-state index contributed by atoms with van der Waals surface area (Å²) in [4.78, 5) is 22.7. The summed E-state index contributed by atoms with van der Waals surface area (Å²) in [5, 5.41) is 0. The van der Waals surface area contributed by atoms with E-state index >= 15 is 0 Å². The van der Waals surface area contributed by atoms with Crippen LogP contribution in [0.15, 0.2) is 36.7 Å². The van der Waals surface area contributed by atoms with Gasteiger partial charge in [0.15, 0.2) is 0 Å². The molecule has 0 N–H and O–H groups in total. The molecule has 1 aromatic carbocycles. The maximum absolute atomic E-state index is 12.1. The maximum atomic E-state index is 12.1. The van der Waals surface area contributed by atoms with Gasteiger partial charge in [-0.15, -0.1) is 0 Å². The molecule has 0 saturated heterocycles. The van der Waals surface area contributed by atoms with Gasteiger partial charge in [-0.2, -0.15) is 0 Å². The van der Waals surface area contributed by atoms with E-state index in [1.807, 2.05) is 45.4 Å². The average Bonchev–Trinajstić information content (AvgIpc) is 2.98. The van der Waals surface area contributed by atoms with Crippen molar-refractivity contribution in [3.8, 4) is 11.4 Å². The molecule has 0 bridgehead atoms. The second-order valence-electron chi connectivity index (χ2n) is 5.75. The normalized spacial score (nSPS) is 17.3. The molecule has 1 amide bonds. The van der Waals surface area contributed by atoms with Crippen molar-refractivity contribution in [2.75, 3.05) is 11.9 Å². The van der Waals surface area contributed by atoms with E-state index in [0.717, 1.165) is 33.7 Å². The number of nitrogens with zero attached hydrogens (tertiary/aromatic N) is 4. The van der Waals surface area contributed by atoms with E-state index in [1.165, 1.54) is 0 Å². The molecule has 22 heavy (non-hydrogen) atoms. The number of rotatable bonds is 1. The molecule has 1 aliphatic rings. The lowest BCUT2D eigenvalue weighted by Gasteiger charge is -2.09. The van der Waals surface area contributed by atoms with E-state index in [0.29, 0.717) is 0 Å². The summed E-state index contributed by atoms with van der Waals surface area (Å²) < 4.78 is 2.06. The summed E-state index contributed by atoms with van der Waals surface area (Å²) in [6.07, 6.45) is 3.57. The molecule has 2 aromatic heterocycles. The van der Waals surface area contributed by atoms with Crippen LogP contribution in [0.2, 0.25) is 0 Å². The number of anilines is 1. The molecular formula is C17H16N4O. The van der Waals surface area contributed by atoms with Crippen LogP contribution in [0.3, 0.4) is 0 Å². The minimum Gasteiger partial charge on any atom is -0.327 e. The van der Waals surface area contributed by atoms with Crippen LogP contribution in [0.4, 0.5) is 5.69 Å². The van der Waals surface area contributed by atoms with E-state index < -0.39 is 0 Å².